The zero-order valence-corrected chi connectivity index (χ0v) is 10.3. The van der Waals surface area contributed by atoms with E-state index in [-0.39, 0.29) is 0 Å². The minimum absolute atomic E-state index is 0.962. The maximum Gasteiger partial charge on any atom is 0.0954 e. The fraction of sp³-hybridized carbons (Fsp3) is 0.400. The van der Waals surface area contributed by atoms with Crippen molar-refractivity contribution in [2.75, 3.05) is 0 Å². The van der Waals surface area contributed by atoms with Crippen molar-refractivity contribution >= 4 is 0 Å². The first kappa shape index (κ1) is 10.6. The molecule has 0 aliphatic heterocycles. The van der Waals surface area contributed by atoms with Gasteiger partial charge in [-0.25, -0.2) is 4.98 Å². The Morgan fingerprint density at radius 2 is 2.12 bits per heavy atom. The highest BCUT2D eigenvalue weighted by Crippen LogP contribution is 2.20. The number of benzene rings is 1. The lowest BCUT2D eigenvalue weighted by Crippen LogP contribution is -2.09. The molecule has 2 aromatic rings. The van der Waals surface area contributed by atoms with Crippen molar-refractivity contribution < 1.29 is 0 Å². The monoisotopic (exact) mass is 226 g/mol. The zero-order valence-electron chi connectivity index (χ0n) is 10.3. The van der Waals surface area contributed by atoms with Crippen molar-refractivity contribution in [3.63, 3.8) is 0 Å². The van der Waals surface area contributed by atoms with Gasteiger partial charge < -0.3 is 4.57 Å². The maximum absolute atomic E-state index is 4.54. The molecule has 0 unspecified atom stereocenters. The minimum atomic E-state index is 0.962. The highest BCUT2D eigenvalue weighted by molar-refractivity contribution is 5.24. The molecule has 0 radical (unpaired) electrons. The molecule has 0 fully saturated rings. The second-order valence-electron chi connectivity index (χ2n) is 4.96. The molecule has 0 atom stereocenters. The van der Waals surface area contributed by atoms with Crippen LogP contribution in [0.4, 0.5) is 0 Å². The summed E-state index contributed by atoms with van der Waals surface area (Å²) < 4.78 is 2.32. The van der Waals surface area contributed by atoms with Crippen LogP contribution in [0.15, 0.2) is 30.6 Å². The molecule has 2 heteroatoms. The Bertz CT molecular complexity index is 525. The first-order valence-electron chi connectivity index (χ1n) is 6.41. The molecule has 1 heterocycles. The summed E-state index contributed by atoms with van der Waals surface area (Å²) in [5, 5.41) is 0. The average Bonchev–Trinajstić information content (AvgIpc) is 2.73. The van der Waals surface area contributed by atoms with E-state index in [2.05, 4.69) is 40.7 Å². The minimum Gasteiger partial charge on any atom is -0.330 e. The number of rotatable bonds is 2. The Morgan fingerprint density at radius 1 is 1.24 bits per heavy atom. The van der Waals surface area contributed by atoms with Gasteiger partial charge in [0, 0.05) is 12.2 Å². The molecule has 2 nitrogen and oxygen atoms in total. The first-order chi connectivity index (χ1) is 8.33. The lowest BCUT2D eigenvalue weighted by atomic mass is 10.0. The molecule has 1 aliphatic rings. The largest absolute Gasteiger partial charge is 0.330 e. The third kappa shape index (κ3) is 2.12. The Hall–Kier alpha value is -1.57. The molecule has 0 spiro atoms. The van der Waals surface area contributed by atoms with Gasteiger partial charge in [-0.2, -0.15) is 0 Å². The summed E-state index contributed by atoms with van der Waals surface area (Å²) in [6.45, 7) is 3.11. The van der Waals surface area contributed by atoms with Crippen LogP contribution in [0.1, 0.15) is 35.4 Å². The van der Waals surface area contributed by atoms with Crippen LogP contribution >= 0.6 is 0 Å². The smallest absolute Gasteiger partial charge is 0.0954 e. The highest BCUT2D eigenvalue weighted by atomic mass is 15.1. The second-order valence-corrected chi connectivity index (χ2v) is 4.96. The molecule has 1 aliphatic carbocycles. The summed E-state index contributed by atoms with van der Waals surface area (Å²) in [5.41, 5.74) is 5.48. The van der Waals surface area contributed by atoms with E-state index >= 15 is 0 Å². The van der Waals surface area contributed by atoms with Crippen LogP contribution in [-0.2, 0) is 19.4 Å². The zero-order chi connectivity index (χ0) is 11.7. The molecule has 1 aromatic heterocycles. The van der Waals surface area contributed by atoms with Crippen molar-refractivity contribution in [2.45, 2.75) is 39.2 Å². The number of fused-ring (bicyclic) bond motifs is 1. The maximum atomic E-state index is 4.54. The summed E-state index contributed by atoms with van der Waals surface area (Å²) in [7, 11) is 0. The van der Waals surface area contributed by atoms with Crippen molar-refractivity contribution in [3.8, 4) is 0 Å². The molecule has 0 N–H and O–H groups in total. The predicted octanol–water partition coefficient (Wildman–Crippen LogP) is 3.12. The number of hydrogen-bond donors (Lipinski definition) is 0. The van der Waals surface area contributed by atoms with E-state index in [1.807, 2.05) is 6.33 Å². The van der Waals surface area contributed by atoms with Crippen LogP contribution in [0.25, 0.3) is 0 Å². The van der Waals surface area contributed by atoms with E-state index in [9.17, 15) is 0 Å². The van der Waals surface area contributed by atoms with Gasteiger partial charge in [0.15, 0.2) is 0 Å². The predicted molar refractivity (Wildman–Crippen MR) is 69.2 cm³/mol. The molecule has 17 heavy (non-hydrogen) atoms. The summed E-state index contributed by atoms with van der Waals surface area (Å²) >= 11 is 0. The number of hydrogen-bond acceptors (Lipinski definition) is 1. The van der Waals surface area contributed by atoms with Gasteiger partial charge in [0.05, 0.1) is 12.0 Å². The van der Waals surface area contributed by atoms with E-state index in [0.717, 1.165) is 13.0 Å². The molecule has 0 bridgehead atoms. The highest BCUT2D eigenvalue weighted by Gasteiger charge is 2.14. The number of aromatic nitrogens is 2. The van der Waals surface area contributed by atoms with Gasteiger partial charge >= 0.3 is 0 Å². The van der Waals surface area contributed by atoms with Gasteiger partial charge in [0.25, 0.3) is 0 Å². The lowest BCUT2D eigenvalue weighted by molar-refractivity contribution is 0.628. The number of aryl methyl sites for hydroxylation is 2. The van der Waals surface area contributed by atoms with Crippen LogP contribution in [0.2, 0.25) is 0 Å². The molecule has 1 aromatic carbocycles. The summed E-state index contributed by atoms with van der Waals surface area (Å²) in [6.07, 6.45) is 6.98. The molecule has 0 saturated heterocycles. The van der Waals surface area contributed by atoms with Crippen molar-refractivity contribution in [1.82, 2.24) is 9.55 Å². The first-order valence-corrected chi connectivity index (χ1v) is 6.41. The fourth-order valence-corrected chi connectivity index (χ4v) is 2.67. The van der Waals surface area contributed by atoms with Gasteiger partial charge in [-0.1, -0.05) is 29.8 Å². The van der Waals surface area contributed by atoms with Gasteiger partial charge in [0.2, 0.25) is 0 Å². The van der Waals surface area contributed by atoms with Crippen molar-refractivity contribution in [1.29, 1.82) is 0 Å². The second kappa shape index (κ2) is 4.36. The van der Waals surface area contributed by atoms with Crippen LogP contribution in [0, 0.1) is 6.92 Å². The Balaban J connectivity index is 1.88. The Morgan fingerprint density at radius 3 is 3.00 bits per heavy atom. The molecule has 0 amide bonds. The average molecular weight is 226 g/mol. The topological polar surface area (TPSA) is 17.8 Å². The van der Waals surface area contributed by atoms with E-state index in [0.29, 0.717) is 0 Å². The summed E-state index contributed by atoms with van der Waals surface area (Å²) in [6, 6.07) is 8.73. The standard InChI is InChI=1S/C15H18N2/c1-12-5-4-6-13(9-12)10-17-11-16-14-7-2-3-8-15(14)17/h4-6,9,11H,2-3,7-8,10H2,1H3. The Kier molecular flexibility index (Phi) is 2.71. The van der Waals surface area contributed by atoms with Crippen LogP contribution in [0.5, 0.6) is 0 Å². The Labute approximate surface area is 102 Å². The number of imidazole rings is 1. The normalized spacial score (nSPS) is 14.6. The third-order valence-corrected chi connectivity index (χ3v) is 3.55. The molecular formula is C15H18N2. The van der Waals surface area contributed by atoms with E-state index in [1.54, 1.807) is 0 Å². The lowest BCUT2D eigenvalue weighted by Gasteiger charge is -2.14. The SMILES string of the molecule is Cc1cccc(Cn2cnc3c2CCCC3)c1. The van der Waals surface area contributed by atoms with Crippen LogP contribution in [0.3, 0.4) is 0 Å². The molecular weight excluding hydrogens is 208 g/mol. The molecule has 3 rings (SSSR count). The van der Waals surface area contributed by atoms with Gasteiger partial charge in [0.1, 0.15) is 0 Å². The van der Waals surface area contributed by atoms with Gasteiger partial charge in [-0.15, -0.1) is 0 Å². The van der Waals surface area contributed by atoms with Gasteiger partial charge in [-0.05, 0) is 38.2 Å². The van der Waals surface area contributed by atoms with Crippen molar-refractivity contribution in [2.24, 2.45) is 0 Å². The quantitative estimate of drug-likeness (QED) is 0.769. The fourth-order valence-electron chi connectivity index (χ4n) is 2.67. The van der Waals surface area contributed by atoms with E-state index in [4.69, 9.17) is 0 Å². The van der Waals surface area contributed by atoms with Crippen LogP contribution < -0.4 is 0 Å². The molecule has 88 valence electrons. The number of nitrogens with zero attached hydrogens (tertiary/aromatic N) is 2. The van der Waals surface area contributed by atoms with Crippen LogP contribution in [-0.4, -0.2) is 9.55 Å². The summed E-state index contributed by atoms with van der Waals surface area (Å²) in [5.74, 6) is 0. The van der Waals surface area contributed by atoms with Crippen molar-refractivity contribution in [3.05, 3.63) is 53.1 Å². The van der Waals surface area contributed by atoms with E-state index in [1.165, 1.54) is 41.8 Å². The van der Waals surface area contributed by atoms with E-state index < -0.39 is 0 Å². The third-order valence-electron chi connectivity index (χ3n) is 3.55. The summed E-state index contributed by atoms with van der Waals surface area (Å²) in [4.78, 5) is 4.54. The van der Waals surface area contributed by atoms with Gasteiger partial charge in [-0.3, -0.25) is 0 Å². The molecule has 0 saturated carbocycles.